The highest BCUT2D eigenvalue weighted by Crippen LogP contribution is 2.36. The maximum atomic E-state index is 10.6. The Morgan fingerprint density at radius 1 is 1.37 bits per heavy atom. The van der Waals surface area contributed by atoms with Gasteiger partial charge in [0.2, 0.25) is 5.91 Å². The molecule has 0 radical (unpaired) electrons. The molecule has 0 aliphatic heterocycles. The molecule has 1 aromatic rings. The van der Waals surface area contributed by atoms with Crippen molar-refractivity contribution in [3.8, 4) is 0 Å². The zero-order valence-corrected chi connectivity index (χ0v) is 11.7. The standard InChI is InChI=1S/C16H24N2O/c1-12-5-4-6-13(9-12)14-10-15(11-14)18-8-3-2-7-16(17)19/h4-6,9,14-15,18H,2-3,7-8,10-11H2,1H3,(H2,17,19). The van der Waals surface area contributed by atoms with Gasteiger partial charge in [0.15, 0.2) is 0 Å². The summed E-state index contributed by atoms with van der Waals surface area (Å²) in [6.07, 6.45) is 4.92. The lowest BCUT2D eigenvalue weighted by Gasteiger charge is -2.36. The molecule has 0 bridgehead atoms. The van der Waals surface area contributed by atoms with Gasteiger partial charge in [-0.3, -0.25) is 4.79 Å². The third-order valence-electron chi connectivity index (χ3n) is 3.93. The molecule has 1 saturated carbocycles. The topological polar surface area (TPSA) is 55.1 Å². The monoisotopic (exact) mass is 260 g/mol. The second kappa shape index (κ2) is 6.71. The molecule has 0 aromatic heterocycles. The summed E-state index contributed by atoms with van der Waals surface area (Å²) in [4.78, 5) is 10.6. The summed E-state index contributed by atoms with van der Waals surface area (Å²) in [6, 6.07) is 9.49. The summed E-state index contributed by atoms with van der Waals surface area (Å²) >= 11 is 0. The molecule has 0 heterocycles. The van der Waals surface area contributed by atoms with Gasteiger partial charge in [0.1, 0.15) is 0 Å². The number of unbranched alkanes of at least 4 members (excludes halogenated alkanes) is 1. The van der Waals surface area contributed by atoms with Crippen LogP contribution in [0.25, 0.3) is 0 Å². The van der Waals surface area contributed by atoms with Crippen LogP contribution in [0.1, 0.15) is 49.1 Å². The third kappa shape index (κ3) is 4.35. The molecular weight excluding hydrogens is 236 g/mol. The third-order valence-corrected chi connectivity index (χ3v) is 3.93. The smallest absolute Gasteiger partial charge is 0.217 e. The first kappa shape index (κ1) is 14.1. The van der Waals surface area contributed by atoms with E-state index < -0.39 is 0 Å². The van der Waals surface area contributed by atoms with Gasteiger partial charge in [0.05, 0.1) is 0 Å². The molecule has 0 atom stereocenters. The molecule has 1 aliphatic carbocycles. The number of amides is 1. The Kier molecular flexibility index (Phi) is 4.97. The summed E-state index contributed by atoms with van der Waals surface area (Å²) in [6.45, 7) is 3.15. The molecule has 2 rings (SSSR count). The Balaban J connectivity index is 1.60. The van der Waals surface area contributed by atoms with E-state index in [0.717, 1.165) is 25.3 Å². The lowest BCUT2D eigenvalue weighted by molar-refractivity contribution is -0.118. The average Bonchev–Trinajstić information content (AvgIpc) is 2.30. The Labute approximate surface area is 115 Å². The highest BCUT2D eigenvalue weighted by molar-refractivity contribution is 5.73. The molecule has 0 spiro atoms. The number of rotatable bonds is 7. The van der Waals surface area contributed by atoms with Gasteiger partial charge in [-0.2, -0.15) is 0 Å². The summed E-state index contributed by atoms with van der Waals surface area (Å²) < 4.78 is 0. The van der Waals surface area contributed by atoms with Crippen LogP contribution in [0, 0.1) is 6.92 Å². The van der Waals surface area contributed by atoms with Crippen LogP contribution in [0.3, 0.4) is 0 Å². The van der Waals surface area contributed by atoms with Gasteiger partial charge in [-0.05, 0) is 50.6 Å². The van der Waals surface area contributed by atoms with E-state index in [4.69, 9.17) is 5.73 Å². The quantitative estimate of drug-likeness (QED) is 0.740. The lowest BCUT2D eigenvalue weighted by Crippen LogP contribution is -2.40. The first-order chi connectivity index (χ1) is 9.15. The maximum Gasteiger partial charge on any atom is 0.217 e. The minimum Gasteiger partial charge on any atom is -0.370 e. The van der Waals surface area contributed by atoms with Crippen molar-refractivity contribution in [1.29, 1.82) is 0 Å². The van der Waals surface area contributed by atoms with E-state index in [0.29, 0.717) is 12.5 Å². The van der Waals surface area contributed by atoms with Crippen molar-refractivity contribution >= 4 is 5.91 Å². The minimum atomic E-state index is -0.192. The minimum absolute atomic E-state index is 0.192. The summed E-state index contributed by atoms with van der Waals surface area (Å²) in [5, 5.41) is 3.56. The molecule has 1 aromatic carbocycles. The Bertz CT molecular complexity index is 425. The number of carbonyl (C=O) groups is 1. The van der Waals surface area contributed by atoms with Crippen LogP contribution in [0.4, 0.5) is 0 Å². The number of carbonyl (C=O) groups excluding carboxylic acids is 1. The van der Waals surface area contributed by atoms with Crippen LogP contribution in [0.15, 0.2) is 24.3 Å². The van der Waals surface area contributed by atoms with Crippen LogP contribution >= 0.6 is 0 Å². The molecular formula is C16H24N2O. The van der Waals surface area contributed by atoms with Gasteiger partial charge in [-0.15, -0.1) is 0 Å². The number of hydrogen-bond donors (Lipinski definition) is 2. The van der Waals surface area contributed by atoms with Crippen LogP contribution in [-0.4, -0.2) is 18.5 Å². The van der Waals surface area contributed by atoms with Crippen molar-refractivity contribution in [2.75, 3.05) is 6.54 Å². The first-order valence-corrected chi connectivity index (χ1v) is 7.23. The van der Waals surface area contributed by atoms with Crippen LogP contribution < -0.4 is 11.1 Å². The van der Waals surface area contributed by atoms with Gasteiger partial charge in [-0.25, -0.2) is 0 Å². The number of benzene rings is 1. The van der Waals surface area contributed by atoms with Crippen molar-refractivity contribution < 1.29 is 4.79 Å². The fraction of sp³-hybridized carbons (Fsp3) is 0.562. The highest BCUT2D eigenvalue weighted by Gasteiger charge is 2.29. The molecule has 1 aliphatic rings. The highest BCUT2D eigenvalue weighted by atomic mass is 16.1. The van der Waals surface area contributed by atoms with Crippen LogP contribution in [-0.2, 0) is 4.79 Å². The average molecular weight is 260 g/mol. The van der Waals surface area contributed by atoms with Gasteiger partial charge >= 0.3 is 0 Å². The number of aryl methyl sites for hydroxylation is 1. The zero-order chi connectivity index (χ0) is 13.7. The molecule has 19 heavy (non-hydrogen) atoms. The van der Waals surface area contributed by atoms with E-state index in [1.807, 2.05) is 0 Å². The van der Waals surface area contributed by atoms with Crippen molar-refractivity contribution in [3.05, 3.63) is 35.4 Å². The van der Waals surface area contributed by atoms with E-state index >= 15 is 0 Å². The maximum absolute atomic E-state index is 10.6. The fourth-order valence-corrected chi connectivity index (χ4v) is 2.71. The second-order valence-electron chi connectivity index (χ2n) is 5.66. The van der Waals surface area contributed by atoms with Crippen LogP contribution in [0.2, 0.25) is 0 Å². The Morgan fingerprint density at radius 3 is 2.84 bits per heavy atom. The molecule has 0 unspecified atom stereocenters. The van der Waals surface area contributed by atoms with Gasteiger partial charge < -0.3 is 11.1 Å². The second-order valence-corrected chi connectivity index (χ2v) is 5.66. The van der Waals surface area contributed by atoms with Crippen molar-refractivity contribution in [2.24, 2.45) is 5.73 Å². The number of nitrogens with one attached hydrogen (secondary N) is 1. The predicted molar refractivity (Wildman–Crippen MR) is 78.0 cm³/mol. The van der Waals surface area contributed by atoms with Crippen LogP contribution in [0.5, 0.6) is 0 Å². The van der Waals surface area contributed by atoms with E-state index in [-0.39, 0.29) is 5.91 Å². The zero-order valence-electron chi connectivity index (χ0n) is 11.7. The Hall–Kier alpha value is -1.35. The van der Waals surface area contributed by atoms with Gasteiger partial charge in [0, 0.05) is 12.5 Å². The summed E-state index contributed by atoms with van der Waals surface area (Å²) in [5.74, 6) is 0.533. The summed E-state index contributed by atoms with van der Waals surface area (Å²) in [7, 11) is 0. The molecule has 0 saturated heterocycles. The van der Waals surface area contributed by atoms with Gasteiger partial charge in [-0.1, -0.05) is 29.8 Å². The molecule has 3 N–H and O–H groups in total. The van der Waals surface area contributed by atoms with Crippen molar-refractivity contribution in [3.63, 3.8) is 0 Å². The predicted octanol–water partition coefficient (Wildman–Crippen LogP) is 2.49. The number of hydrogen-bond acceptors (Lipinski definition) is 2. The number of nitrogens with two attached hydrogens (primary N) is 1. The SMILES string of the molecule is Cc1cccc(C2CC(NCCCCC(N)=O)C2)c1. The fourth-order valence-electron chi connectivity index (χ4n) is 2.71. The molecule has 1 amide bonds. The van der Waals surface area contributed by atoms with Crippen molar-refractivity contribution in [2.45, 2.75) is 51.0 Å². The molecule has 3 nitrogen and oxygen atoms in total. The largest absolute Gasteiger partial charge is 0.370 e. The van der Waals surface area contributed by atoms with E-state index in [1.165, 1.54) is 24.0 Å². The normalized spacial score (nSPS) is 21.9. The number of primary amides is 1. The van der Waals surface area contributed by atoms with E-state index in [1.54, 1.807) is 0 Å². The molecule has 104 valence electrons. The van der Waals surface area contributed by atoms with E-state index in [9.17, 15) is 4.79 Å². The first-order valence-electron chi connectivity index (χ1n) is 7.23. The van der Waals surface area contributed by atoms with Crippen molar-refractivity contribution in [1.82, 2.24) is 5.32 Å². The molecule has 1 fully saturated rings. The Morgan fingerprint density at radius 2 is 2.16 bits per heavy atom. The lowest BCUT2D eigenvalue weighted by atomic mass is 9.75. The van der Waals surface area contributed by atoms with E-state index in [2.05, 4.69) is 36.5 Å². The van der Waals surface area contributed by atoms with Gasteiger partial charge in [0.25, 0.3) is 0 Å². The summed E-state index contributed by atoms with van der Waals surface area (Å²) in [5.41, 5.74) is 7.93. The molecule has 3 heteroatoms.